The van der Waals surface area contributed by atoms with Gasteiger partial charge >= 0.3 is 0 Å². The molecule has 132 valence electrons. The molecule has 2 heterocycles. The van der Waals surface area contributed by atoms with E-state index in [0.29, 0.717) is 6.10 Å². The SMILES string of the molecule is CCCN1C2CCC1CC(OC(c1ccccc1)c1ccccc1)C2. The van der Waals surface area contributed by atoms with Crippen LogP contribution in [0.1, 0.15) is 56.3 Å². The van der Waals surface area contributed by atoms with Gasteiger partial charge in [0.05, 0.1) is 6.10 Å². The molecule has 0 N–H and O–H groups in total. The average Bonchev–Trinajstić information content (AvgIpc) is 2.90. The highest BCUT2D eigenvalue weighted by molar-refractivity contribution is 5.30. The van der Waals surface area contributed by atoms with Crippen molar-refractivity contribution in [2.24, 2.45) is 0 Å². The molecule has 2 aromatic carbocycles. The van der Waals surface area contributed by atoms with Gasteiger partial charge in [-0.1, -0.05) is 67.6 Å². The Kier molecular flexibility index (Phi) is 5.19. The van der Waals surface area contributed by atoms with Crippen LogP contribution < -0.4 is 0 Å². The maximum Gasteiger partial charge on any atom is 0.108 e. The van der Waals surface area contributed by atoms with Gasteiger partial charge in [-0.3, -0.25) is 4.90 Å². The monoisotopic (exact) mass is 335 g/mol. The van der Waals surface area contributed by atoms with E-state index in [-0.39, 0.29) is 6.10 Å². The number of rotatable bonds is 6. The van der Waals surface area contributed by atoms with Gasteiger partial charge in [0.1, 0.15) is 6.10 Å². The van der Waals surface area contributed by atoms with Crippen molar-refractivity contribution < 1.29 is 4.74 Å². The molecule has 2 bridgehead atoms. The molecule has 0 spiro atoms. The van der Waals surface area contributed by atoms with Gasteiger partial charge in [0, 0.05) is 12.1 Å². The first-order chi connectivity index (χ1) is 12.3. The van der Waals surface area contributed by atoms with Gasteiger partial charge in [-0.2, -0.15) is 0 Å². The number of piperidine rings is 1. The van der Waals surface area contributed by atoms with Crippen molar-refractivity contribution in [2.45, 2.75) is 63.3 Å². The van der Waals surface area contributed by atoms with Crippen molar-refractivity contribution in [2.75, 3.05) is 6.54 Å². The molecular formula is C23H29NO. The minimum absolute atomic E-state index is 0.0459. The predicted molar refractivity (Wildman–Crippen MR) is 103 cm³/mol. The maximum absolute atomic E-state index is 6.74. The number of hydrogen-bond donors (Lipinski definition) is 0. The standard InChI is InChI=1S/C23H29NO/c1-2-15-24-20-13-14-21(24)17-22(16-20)25-23(18-9-5-3-6-10-18)19-11-7-4-8-12-19/h3-12,20-23H,2,13-17H2,1H3. The first-order valence-corrected chi connectivity index (χ1v) is 9.86. The van der Waals surface area contributed by atoms with Gasteiger partial charge in [0.15, 0.2) is 0 Å². The maximum atomic E-state index is 6.74. The second-order valence-electron chi connectivity index (χ2n) is 7.55. The molecular weight excluding hydrogens is 306 g/mol. The fraction of sp³-hybridized carbons (Fsp3) is 0.478. The molecule has 2 nitrogen and oxygen atoms in total. The summed E-state index contributed by atoms with van der Waals surface area (Å²) >= 11 is 0. The highest BCUT2D eigenvalue weighted by Gasteiger charge is 2.41. The number of fused-ring (bicyclic) bond motifs is 2. The van der Waals surface area contributed by atoms with Crippen molar-refractivity contribution >= 4 is 0 Å². The Hall–Kier alpha value is -1.64. The lowest BCUT2D eigenvalue weighted by Gasteiger charge is -2.40. The molecule has 0 saturated carbocycles. The zero-order chi connectivity index (χ0) is 17.1. The average molecular weight is 335 g/mol. The van der Waals surface area contributed by atoms with E-state index in [0.717, 1.165) is 12.1 Å². The third-order valence-electron chi connectivity index (χ3n) is 5.86. The van der Waals surface area contributed by atoms with Crippen LogP contribution in [0.4, 0.5) is 0 Å². The molecule has 0 aromatic heterocycles. The molecule has 25 heavy (non-hydrogen) atoms. The summed E-state index contributed by atoms with van der Waals surface area (Å²) in [5.74, 6) is 0. The van der Waals surface area contributed by atoms with E-state index >= 15 is 0 Å². The minimum Gasteiger partial charge on any atom is -0.365 e. The minimum atomic E-state index is 0.0459. The second kappa shape index (κ2) is 7.72. The van der Waals surface area contributed by atoms with Gasteiger partial charge in [-0.05, 0) is 49.8 Å². The molecule has 2 heteroatoms. The summed E-state index contributed by atoms with van der Waals surface area (Å²) < 4.78 is 6.74. The lowest BCUT2D eigenvalue weighted by atomic mass is 9.97. The van der Waals surface area contributed by atoms with E-state index in [9.17, 15) is 0 Å². The molecule has 2 fully saturated rings. The smallest absolute Gasteiger partial charge is 0.108 e. The van der Waals surface area contributed by atoms with E-state index in [1.165, 1.54) is 49.8 Å². The fourth-order valence-electron chi connectivity index (χ4n) is 4.76. The molecule has 2 saturated heterocycles. The van der Waals surface area contributed by atoms with Crippen LogP contribution >= 0.6 is 0 Å². The molecule has 2 aliphatic heterocycles. The first-order valence-electron chi connectivity index (χ1n) is 9.86. The Balaban J connectivity index is 1.52. The Morgan fingerprint density at radius 2 is 1.40 bits per heavy atom. The first kappa shape index (κ1) is 16.8. The van der Waals surface area contributed by atoms with Crippen LogP contribution in [0.15, 0.2) is 60.7 Å². The summed E-state index contributed by atoms with van der Waals surface area (Å²) in [7, 11) is 0. The quantitative estimate of drug-likeness (QED) is 0.719. The largest absolute Gasteiger partial charge is 0.365 e. The Morgan fingerprint density at radius 1 is 0.880 bits per heavy atom. The van der Waals surface area contributed by atoms with E-state index in [1.807, 2.05) is 0 Å². The summed E-state index contributed by atoms with van der Waals surface area (Å²) in [5.41, 5.74) is 2.52. The Labute approximate surface area is 151 Å². The summed E-state index contributed by atoms with van der Waals surface area (Å²) in [5, 5.41) is 0. The van der Waals surface area contributed by atoms with Gasteiger partial charge in [0.25, 0.3) is 0 Å². The molecule has 0 radical (unpaired) electrons. The summed E-state index contributed by atoms with van der Waals surface area (Å²) in [4.78, 5) is 2.75. The van der Waals surface area contributed by atoms with Crippen molar-refractivity contribution in [3.8, 4) is 0 Å². The van der Waals surface area contributed by atoms with Crippen molar-refractivity contribution in [3.63, 3.8) is 0 Å². The summed E-state index contributed by atoms with van der Waals surface area (Å²) in [6.07, 6.45) is 6.76. The van der Waals surface area contributed by atoms with E-state index in [4.69, 9.17) is 4.74 Å². The van der Waals surface area contributed by atoms with Gasteiger partial charge in [-0.15, -0.1) is 0 Å². The zero-order valence-corrected chi connectivity index (χ0v) is 15.2. The predicted octanol–water partition coefficient (Wildman–Crippen LogP) is 5.20. The van der Waals surface area contributed by atoms with Crippen LogP contribution in [0.5, 0.6) is 0 Å². The van der Waals surface area contributed by atoms with Crippen LogP contribution in [0.2, 0.25) is 0 Å². The fourth-order valence-corrected chi connectivity index (χ4v) is 4.76. The topological polar surface area (TPSA) is 12.5 Å². The summed E-state index contributed by atoms with van der Waals surface area (Å²) in [6, 6.07) is 22.8. The van der Waals surface area contributed by atoms with Gasteiger partial charge < -0.3 is 4.74 Å². The van der Waals surface area contributed by atoms with Crippen molar-refractivity contribution in [1.29, 1.82) is 0 Å². The molecule has 0 aliphatic carbocycles. The molecule has 4 rings (SSSR count). The van der Waals surface area contributed by atoms with Crippen LogP contribution in [0.25, 0.3) is 0 Å². The summed E-state index contributed by atoms with van der Waals surface area (Å²) in [6.45, 7) is 3.55. The number of ether oxygens (including phenoxy) is 1. The highest BCUT2D eigenvalue weighted by Crippen LogP contribution is 2.39. The molecule has 2 aromatic rings. The second-order valence-corrected chi connectivity index (χ2v) is 7.55. The molecule has 2 atom stereocenters. The molecule has 0 amide bonds. The van der Waals surface area contributed by atoms with Crippen LogP contribution in [0.3, 0.4) is 0 Å². The molecule has 2 aliphatic rings. The lowest BCUT2D eigenvalue weighted by Crippen LogP contribution is -2.45. The number of hydrogen-bond acceptors (Lipinski definition) is 2. The Bertz CT molecular complexity index is 603. The van der Waals surface area contributed by atoms with E-state index in [2.05, 4.69) is 72.5 Å². The number of benzene rings is 2. The zero-order valence-electron chi connectivity index (χ0n) is 15.2. The van der Waals surface area contributed by atoms with Gasteiger partial charge in [-0.25, -0.2) is 0 Å². The lowest BCUT2D eigenvalue weighted by molar-refractivity contribution is -0.0480. The van der Waals surface area contributed by atoms with Crippen LogP contribution in [0, 0.1) is 0 Å². The third-order valence-corrected chi connectivity index (χ3v) is 5.86. The van der Waals surface area contributed by atoms with Crippen molar-refractivity contribution in [1.82, 2.24) is 4.90 Å². The number of nitrogens with zero attached hydrogens (tertiary/aromatic N) is 1. The van der Waals surface area contributed by atoms with Crippen LogP contribution in [-0.2, 0) is 4.74 Å². The van der Waals surface area contributed by atoms with E-state index in [1.54, 1.807) is 0 Å². The molecule has 2 unspecified atom stereocenters. The highest BCUT2D eigenvalue weighted by atomic mass is 16.5. The third kappa shape index (κ3) is 3.65. The van der Waals surface area contributed by atoms with Gasteiger partial charge in [0.2, 0.25) is 0 Å². The van der Waals surface area contributed by atoms with Crippen molar-refractivity contribution in [3.05, 3.63) is 71.8 Å². The Morgan fingerprint density at radius 3 is 1.88 bits per heavy atom. The van der Waals surface area contributed by atoms with Crippen LogP contribution in [-0.4, -0.2) is 29.6 Å². The normalized spacial score (nSPS) is 26.2. The van der Waals surface area contributed by atoms with E-state index < -0.39 is 0 Å².